The number of hydrogen-bond acceptors (Lipinski definition) is 3. The fraction of sp³-hybridized carbons (Fsp3) is 0.769. The fourth-order valence-corrected chi connectivity index (χ4v) is 2.66. The Morgan fingerprint density at radius 3 is 2.94 bits per heavy atom. The lowest BCUT2D eigenvalue weighted by Crippen LogP contribution is -2.39. The van der Waals surface area contributed by atoms with Gasteiger partial charge in [-0.25, -0.2) is 4.98 Å². The minimum absolute atomic E-state index is 0.312. The average Bonchev–Trinajstić information content (AvgIpc) is 3.08. The van der Waals surface area contributed by atoms with Gasteiger partial charge in [-0.05, 0) is 38.5 Å². The lowest BCUT2D eigenvalue weighted by Gasteiger charge is -2.31. The Morgan fingerprint density at radius 1 is 1.44 bits per heavy atom. The number of nitrogens with zero attached hydrogens (tertiary/aromatic N) is 3. The standard InChI is InChI=1S/C13H20N4O/c1-9-14-13(16-15-9)11-3-2-6-17(8-11)12(18)7-10-4-5-10/h10-11H,2-8H2,1H3,(H,14,15,16). The molecule has 0 bridgehead atoms. The second-order valence-electron chi connectivity index (χ2n) is 5.61. The molecule has 5 nitrogen and oxygen atoms in total. The largest absolute Gasteiger partial charge is 0.342 e. The van der Waals surface area contributed by atoms with Gasteiger partial charge in [0.05, 0.1) is 0 Å². The molecule has 0 radical (unpaired) electrons. The zero-order valence-corrected chi connectivity index (χ0v) is 10.9. The molecule has 1 saturated carbocycles. The summed E-state index contributed by atoms with van der Waals surface area (Å²) in [5.41, 5.74) is 0. The Morgan fingerprint density at radius 2 is 2.28 bits per heavy atom. The maximum Gasteiger partial charge on any atom is 0.222 e. The van der Waals surface area contributed by atoms with Crippen molar-refractivity contribution in [3.05, 3.63) is 11.6 Å². The van der Waals surface area contributed by atoms with Gasteiger partial charge >= 0.3 is 0 Å². The molecular weight excluding hydrogens is 228 g/mol. The number of hydrogen-bond donors (Lipinski definition) is 1. The van der Waals surface area contributed by atoms with Gasteiger partial charge in [-0.3, -0.25) is 9.89 Å². The highest BCUT2D eigenvalue weighted by Gasteiger charge is 2.31. The maximum atomic E-state index is 12.1. The van der Waals surface area contributed by atoms with Crippen molar-refractivity contribution in [3.8, 4) is 0 Å². The van der Waals surface area contributed by atoms with Crippen LogP contribution in [0.1, 0.15) is 49.7 Å². The summed E-state index contributed by atoms with van der Waals surface area (Å²) in [5.74, 6) is 3.03. The number of carbonyl (C=O) groups excluding carboxylic acids is 1. The van der Waals surface area contributed by atoms with Crippen LogP contribution in [0.2, 0.25) is 0 Å². The maximum absolute atomic E-state index is 12.1. The van der Waals surface area contributed by atoms with E-state index in [1.54, 1.807) is 0 Å². The summed E-state index contributed by atoms with van der Waals surface area (Å²) in [6.45, 7) is 3.61. The highest BCUT2D eigenvalue weighted by atomic mass is 16.2. The van der Waals surface area contributed by atoms with Crippen LogP contribution in [-0.4, -0.2) is 39.1 Å². The number of nitrogens with one attached hydrogen (secondary N) is 1. The van der Waals surface area contributed by atoms with Crippen molar-refractivity contribution < 1.29 is 4.79 Å². The summed E-state index contributed by atoms with van der Waals surface area (Å²) in [7, 11) is 0. The van der Waals surface area contributed by atoms with Crippen LogP contribution in [0.15, 0.2) is 0 Å². The molecule has 0 aromatic carbocycles. The van der Waals surface area contributed by atoms with Gasteiger partial charge in [0.15, 0.2) is 5.82 Å². The van der Waals surface area contributed by atoms with E-state index in [0.717, 1.165) is 44.0 Å². The molecule has 1 amide bonds. The Labute approximate surface area is 107 Å². The molecule has 1 N–H and O–H groups in total. The number of aromatic amines is 1. The fourth-order valence-electron chi connectivity index (χ4n) is 2.66. The van der Waals surface area contributed by atoms with Crippen molar-refractivity contribution >= 4 is 5.91 Å². The number of piperidine rings is 1. The van der Waals surface area contributed by atoms with E-state index in [-0.39, 0.29) is 0 Å². The SMILES string of the molecule is Cc1nc(C2CCCN(C(=O)CC3CC3)C2)n[nH]1. The van der Waals surface area contributed by atoms with Gasteiger partial charge in [-0.15, -0.1) is 0 Å². The summed E-state index contributed by atoms with van der Waals surface area (Å²) in [6.07, 6.45) is 5.38. The molecule has 2 fully saturated rings. The van der Waals surface area contributed by atoms with E-state index in [0.29, 0.717) is 17.7 Å². The van der Waals surface area contributed by atoms with E-state index in [9.17, 15) is 4.79 Å². The van der Waals surface area contributed by atoms with Crippen molar-refractivity contribution in [1.29, 1.82) is 0 Å². The van der Waals surface area contributed by atoms with Gasteiger partial charge in [0.1, 0.15) is 5.82 Å². The van der Waals surface area contributed by atoms with E-state index >= 15 is 0 Å². The molecular formula is C13H20N4O. The van der Waals surface area contributed by atoms with Crippen LogP contribution in [0.5, 0.6) is 0 Å². The molecule has 1 aromatic rings. The zero-order valence-electron chi connectivity index (χ0n) is 10.9. The minimum atomic E-state index is 0.312. The van der Waals surface area contributed by atoms with Crippen LogP contribution in [-0.2, 0) is 4.79 Å². The van der Waals surface area contributed by atoms with Crippen LogP contribution in [0, 0.1) is 12.8 Å². The normalized spacial score (nSPS) is 24.3. The predicted octanol–water partition coefficient (Wildman–Crippen LogP) is 1.62. The molecule has 5 heteroatoms. The van der Waals surface area contributed by atoms with Crippen LogP contribution in [0.3, 0.4) is 0 Å². The van der Waals surface area contributed by atoms with Crippen molar-refractivity contribution in [2.24, 2.45) is 5.92 Å². The number of aromatic nitrogens is 3. The minimum Gasteiger partial charge on any atom is -0.342 e. The van der Waals surface area contributed by atoms with Crippen LogP contribution in [0.4, 0.5) is 0 Å². The molecule has 1 aliphatic carbocycles. The van der Waals surface area contributed by atoms with Gasteiger partial charge < -0.3 is 4.90 Å². The number of H-pyrrole nitrogens is 1. The second-order valence-corrected chi connectivity index (χ2v) is 5.61. The molecule has 1 unspecified atom stereocenters. The first-order valence-corrected chi connectivity index (χ1v) is 6.89. The van der Waals surface area contributed by atoms with E-state index in [1.165, 1.54) is 12.8 Å². The van der Waals surface area contributed by atoms with Crippen LogP contribution in [0.25, 0.3) is 0 Å². The van der Waals surface area contributed by atoms with Crippen molar-refractivity contribution in [2.45, 2.75) is 44.9 Å². The van der Waals surface area contributed by atoms with E-state index in [4.69, 9.17) is 0 Å². The number of amides is 1. The Kier molecular flexibility index (Phi) is 3.06. The number of aryl methyl sites for hydroxylation is 1. The third-order valence-corrected chi connectivity index (χ3v) is 3.91. The van der Waals surface area contributed by atoms with Gasteiger partial charge in [0.2, 0.25) is 5.91 Å². The molecule has 3 rings (SSSR count). The predicted molar refractivity (Wildman–Crippen MR) is 67.0 cm³/mol. The molecule has 1 aromatic heterocycles. The third kappa shape index (κ3) is 2.54. The summed E-state index contributed by atoms with van der Waals surface area (Å²) < 4.78 is 0. The Hall–Kier alpha value is -1.39. The lowest BCUT2D eigenvalue weighted by atomic mass is 9.97. The first-order chi connectivity index (χ1) is 8.72. The summed E-state index contributed by atoms with van der Waals surface area (Å²) in [4.78, 5) is 18.5. The van der Waals surface area contributed by atoms with Gasteiger partial charge in [0.25, 0.3) is 0 Å². The van der Waals surface area contributed by atoms with Crippen molar-refractivity contribution in [2.75, 3.05) is 13.1 Å². The summed E-state index contributed by atoms with van der Waals surface area (Å²) in [6, 6.07) is 0. The quantitative estimate of drug-likeness (QED) is 0.884. The lowest BCUT2D eigenvalue weighted by molar-refractivity contribution is -0.132. The summed E-state index contributed by atoms with van der Waals surface area (Å²) in [5, 5.41) is 7.12. The summed E-state index contributed by atoms with van der Waals surface area (Å²) >= 11 is 0. The average molecular weight is 248 g/mol. The smallest absolute Gasteiger partial charge is 0.222 e. The van der Waals surface area contributed by atoms with Crippen molar-refractivity contribution in [3.63, 3.8) is 0 Å². The van der Waals surface area contributed by atoms with Crippen LogP contribution >= 0.6 is 0 Å². The van der Waals surface area contributed by atoms with Crippen LogP contribution < -0.4 is 0 Å². The number of likely N-dealkylation sites (tertiary alicyclic amines) is 1. The first-order valence-electron chi connectivity index (χ1n) is 6.89. The monoisotopic (exact) mass is 248 g/mol. The van der Waals surface area contributed by atoms with Crippen molar-refractivity contribution in [1.82, 2.24) is 20.1 Å². The Balaban J connectivity index is 1.62. The zero-order chi connectivity index (χ0) is 12.5. The van der Waals surface area contributed by atoms with E-state index < -0.39 is 0 Å². The van der Waals surface area contributed by atoms with Gasteiger partial charge in [-0.1, -0.05) is 0 Å². The molecule has 1 saturated heterocycles. The highest BCUT2D eigenvalue weighted by molar-refractivity contribution is 5.76. The first kappa shape index (κ1) is 11.7. The molecule has 0 spiro atoms. The molecule has 1 atom stereocenters. The van der Waals surface area contributed by atoms with Gasteiger partial charge in [0, 0.05) is 25.4 Å². The number of rotatable bonds is 3. The second kappa shape index (κ2) is 4.71. The molecule has 18 heavy (non-hydrogen) atoms. The molecule has 98 valence electrons. The highest BCUT2D eigenvalue weighted by Crippen LogP contribution is 2.34. The molecule has 2 aliphatic rings. The van der Waals surface area contributed by atoms with E-state index in [1.807, 2.05) is 11.8 Å². The topological polar surface area (TPSA) is 61.9 Å². The molecule has 2 heterocycles. The van der Waals surface area contributed by atoms with Gasteiger partial charge in [-0.2, -0.15) is 5.10 Å². The Bertz CT molecular complexity index is 438. The van der Waals surface area contributed by atoms with E-state index in [2.05, 4.69) is 15.2 Å². The number of carbonyl (C=O) groups is 1. The molecule has 1 aliphatic heterocycles. The third-order valence-electron chi connectivity index (χ3n) is 3.91.